The summed E-state index contributed by atoms with van der Waals surface area (Å²) in [5.41, 5.74) is 5.68. The fourth-order valence-corrected chi connectivity index (χ4v) is 1.33. The first-order valence-electron chi connectivity index (χ1n) is 5.59. The number of aliphatic imine (C=N–C) groups is 1. The molecule has 0 unspecified atom stereocenters. The Balaban J connectivity index is 1.64. The molecule has 1 aliphatic rings. The Morgan fingerprint density at radius 1 is 1.38 bits per heavy atom. The van der Waals surface area contributed by atoms with Crippen LogP contribution in [0.2, 0.25) is 0 Å². The van der Waals surface area contributed by atoms with Gasteiger partial charge in [0.1, 0.15) is 12.4 Å². The van der Waals surface area contributed by atoms with E-state index in [1.807, 2.05) is 30.3 Å². The molecule has 1 aromatic rings. The second kappa shape index (κ2) is 5.39. The molecule has 0 aromatic heterocycles. The fourth-order valence-electron chi connectivity index (χ4n) is 1.33. The van der Waals surface area contributed by atoms with E-state index in [-0.39, 0.29) is 0 Å². The zero-order chi connectivity index (χ0) is 11.2. The monoisotopic (exact) mass is 219 g/mol. The van der Waals surface area contributed by atoms with Crippen molar-refractivity contribution in [2.45, 2.75) is 18.9 Å². The van der Waals surface area contributed by atoms with Crippen LogP contribution in [0.25, 0.3) is 0 Å². The van der Waals surface area contributed by atoms with Gasteiger partial charge >= 0.3 is 0 Å². The molecule has 0 saturated heterocycles. The quantitative estimate of drug-likeness (QED) is 0.443. The largest absolute Gasteiger partial charge is 0.492 e. The van der Waals surface area contributed by atoms with E-state index in [0.717, 1.165) is 5.75 Å². The average molecular weight is 219 g/mol. The van der Waals surface area contributed by atoms with Crippen molar-refractivity contribution < 1.29 is 4.74 Å². The minimum absolute atomic E-state index is 0.527. The first kappa shape index (κ1) is 10.8. The van der Waals surface area contributed by atoms with Gasteiger partial charge in [-0.1, -0.05) is 18.2 Å². The van der Waals surface area contributed by atoms with Crippen molar-refractivity contribution in [1.29, 1.82) is 0 Å². The van der Waals surface area contributed by atoms with Crippen LogP contribution >= 0.6 is 0 Å². The molecule has 0 atom stereocenters. The molecule has 1 fully saturated rings. The maximum atomic E-state index is 5.68. The predicted octanol–water partition coefficient (Wildman–Crippen LogP) is 1.13. The van der Waals surface area contributed by atoms with Gasteiger partial charge in [0, 0.05) is 6.04 Å². The van der Waals surface area contributed by atoms with E-state index in [0.29, 0.717) is 25.2 Å². The second-order valence-corrected chi connectivity index (χ2v) is 3.85. The van der Waals surface area contributed by atoms with Crippen LogP contribution in [0.3, 0.4) is 0 Å². The van der Waals surface area contributed by atoms with Crippen molar-refractivity contribution in [2.75, 3.05) is 13.2 Å². The summed E-state index contributed by atoms with van der Waals surface area (Å²) in [5.74, 6) is 1.39. The van der Waals surface area contributed by atoms with Gasteiger partial charge in [0.2, 0.25) is 0 Å². The molecule has 2 rings (SSSR count). The van der Waals surface area contributed by atoms with Gasteiger partial charge in [-0.2, -0.15) is 0 Å². The highest BCUT2D eigenvalue weighted by atomic mass is 16.5. The first-order chi connectivity index (χ1) is 7.84. The van der Waals surface area contributed by atoms with Gasteiger partial charge in [0.15, 0.2) is 5.96 Å². The number of rotatable bonds is 5. The average Bonchev–Trinajstić information content (AvgIpc) is 3.10. The zero-order valence-corrected chi connectivity index (χ0v) is 9.23. The molecule has 1 aromatic carbocycles. The van der Waals surface area contributed by atoms with Crippen LogP contribution in [0.4, 0.5) is 0 Å². The highest BCUT2D eigenvalue weighted by molar-refractivity contribution is 5.78. The molecule has 0 radical (unpaired) electrons. The summed E-state index contributed by atoms with van der Waals surface area (Å²) in [5, 5.41) is 3.12. The van der Waals surface area contributed by atoms with Crippen LogP contribution in [0.5, 0.6) is 5.75 Å². The molecule has 86 valence electrons. The zero-order valence-electron chi connectivity index (χ0n) is 9.23. The van der Waals surface area contributed by atoms with Crippen molar-refractivity contribution >= 4 is 5.96 Å². The molecule has 0 heterocycles. The maximum Gasteiger partial charge on any atom is 0.188 e. The van der Waals surface area contributed by atoms with E-state index >= 15 is 0 Å². The topological polar surface area (TPSA) is 59.6 Å². The van der Waals surface area contributed by atoms with Crippen LogP contribution < -0.4 is 15.8 Å². The molecule has 0 spiro atoms. The molecule has 0 bridgehead atoms. The number of nitrogens with zero attached hydrogens (tertiary/aromatic N) is 1. The van der Waals surface area contributed by atoms with E-state index in [1.165, 1.54) is 12.8 Å². The van der Waals surface area contributed by atoms with Crippen molar-refractivity contribution in [1.82, 2.24) is 5.32 Å². The van der Waals surface area contributed by atoms with Crippen LogP contribution in [-0.4, -0.2) is 25.2 Å². The van der Waals surface area contributed by atoms with Crippen molar-refractivity contribution in [3.05, 3.63) is 30.3 Å². The predicted molar refractivity (Wildman–Crippen MR) is 64.6 cm³/mol. The Labute approximate surface area is 95.5 Å². The number of benzene rings is 1. The molecular weight excluding hydrogens is 202 g/mol. The highest BCUT2D eigenvalue weighted by Crippen LogP contribution is 2.17. The van der Waals surface area contributed by atoms with Gasteiger partial charge in [-0.3, -0.25) is 0 Å². The van der Waals surface area contributed by atoms with E-state index in [9.17, 15) is 0 Å². The number of ether oxygens (including phenoxy) is 1. The number of hydrogen-bond acceptors (Lipinski definition) is 2. The molecule has 0 aliphatic heterocycles. The summed E-state index contributed by atoms with van der Waals surface area (Å²) >= 11 is 0. The Hall–Kier alpha value is -1.71. The molecule has 3 N–H and O–H groups in total. The maximum absolute atomic E-state index is 5.68. The SMILES string of the molecule is NC(=NCCOc1ccccc1)NC1CC1. The smallest absolute Gasteiger partial charge is 0.188 e. The Kier molecular flexibility index (Phi) is 3.64. The normalized spacial score (nSPS) is 15.9. The van der Waals surface area contributed by atoms with Crippen molar-refractivity contribution in [2.24, 2.45) is 10.7 Å². The fraction of sp³-hybridized carbons (Fsp3) is 0.417. The molecule has 1 saturated carbocycles. The van der Waals surface area contributed by atoms with Crippen LogP contribution in [0, 0.1) is 0 Å². The van der Waals surface area contributed by atoms with Crippen molar-refractivity contribution in [3.8, 4) is 5.75 Å². The summed E-state index contributed by atoms with van der Waals surface area (Å²) in [6.45, 7) is 1.14. The minimum Gasteiger partial charge on any atom is -0.492 e. The lowest BCUT2D eigenvalue weighted by Gasteiger charge is -2.05. The standard InChI is InChI=1S/C12H17N3O/c13-12(15-10-6-7-10)14-8-9-16-11-4-2-1-3-5-11/h1-5,10H,6-9H2,(H3,13,14,15). The molecule has 4 nitrogen and oxygen atoms in total. The lowest BCUT2D eigenvalue weighted by molar-refractivity contribution is 0.328. The van der Waals surface area contributed by atoms with E-state index in [2.05, 4.69) is 10.3 Å². The number of para-hydroxylation sites is 1. The first-order valence-corrected chi connectivity index (χ1v) is 5.59. The molecule has 0 amide bonds. The van der Waals surface area contributed by atoms with Crippen LogP contribution in [0.15, 0.2) is 35.3 Å². The molecule has 1 aliphatic carbocycles. The summed E-state index contributed by atoms with van der Waals surface area (Å²) in [4.78, 5) is 4.18. The lowest BCUT2D eigenvalue weighted by atomic mass is 10.3. The van der Waals surface area contributed by atoms with E-state index in [1.54, 1.807) is 0 Å². The van der Waals surface area contributed by atoms with Gasteiger partial charge in [0.05, 0.1) is 6.54 Å². The highest BCUT2D eigenvalue weighted by Gasteiger charge is 2.21. The van der Waals surface area contributed by atoms with E-state index < -0.39 is 0 Å². The third kappa shape index (κ3) is 3.81. The van der Waals surface area contributed by atoms with Gasteiger partial charge in [-0.05, 0) is 25.0 Å². The van der Waals surface area contributed by atoms with Gasteiger partial charge < -0.3 is 15.8 Å². The second-order valence-electron chi connectivity index (χ2n) is 3.85. The molecule has 16 heavy (non-hydrogen) atoms. The molecule has 4 heteroatoms. The van der Waals surface area contributed by atoms with Crippen molar-refractivity contribution in [3.63, 3.8) is 0 Å². The van der Waals surface area contributed by atoms with Gasteiger partial charge in [-0.15, -0.1) is 0 Å². The Bertz CT molecular complexity index is 347. The van der Waals surface area contributed by atoms with Crippen LogP contribution in [0.1, 0.15) is 12.8 Å². The number of hydrogen-bond donors (Lipinski definition) is 2. The number of guanidine groups is 1. The van der Waals surface area contributed by atoms with Gasteiger partial charge in [-0.25, -0.2) is 4.99 Å². The van der Waals surface area contributed by atoms with Crippen LogP contribution in [-0.2, 0) is 0 Å². The summed E-state index contributed by atoms with van der Waals surface area (Å²) < 4.78 is 5.49. The summed E-state index contributed by atoms with van der Waals surface area (Å²) in [7, 11) is 0. The Morgan fingerprint density at radius 3 is 2.81 bits per heavy atom. The minimum atomic E-state index is 0.527. The Morgan fingerprint density at radius 2 is 2.12 bits per heavy atom. The lowest BCUT2D eigenvalue weighted by Crippen LogP contribution is -2.33. The summed E-state index contributed by atoms with van der Waals surface area (Å²) in [6, 6.07) is 10.3. The molecular formula is C12H17N3O. The number of nitrogens with one attached hydrogen (secondary N) is 1. The summed E-state index contributed by atoms with van der Waals surface area (Å²) in [6.07, 6.45) is 2.41. The van der Waals surface area contributed by atoms with Gasteiger partial charge in [0.25, 0.3) is 0 Å². The third-order valence-electron chi connectivity index (χ3n) is 2.31. The third-order valence-corrected chi connectivity index (χ3v) is 2.31. The number of nitrogens with two attached hydrogens (primary N) is 1. The van der Waals surface area contributed by atoms with E-state index in [4.69, 9.17) is 10.5 Å².